The van der Waals surface area contributed by atoms with Crippen molar-refractivity contribution >= 4 is 17.7 Å². The minimum atomic E-state index is 0.201. The van der Waals surface area contributed by atoms with Crippen LogP contribution in [0.4, 0.5) is 0 Å². The average molecular weight is 265 g/mol. The Bertz CT molecular complexity index is 388. The molecule has 1 aromatic rings. The van der Waals surface area contributed by atoms with Gasteiger partial charge in [0.05, 0.1) is 5.75 Å². The largest absolute Gasteiger partial charge is 0.337 e. The van der Waals surface area contributed by atoms with Crippen LogP contribution in [0.15, 0.2) is 23.6 Å². The summed E-state index contributed by atoms with van der Waals surface area (Å²) in [5.41, 5.74) is 0. The molecule has 4 nitrogen and oxygen atoms in total. The summed E-state index contributed by atoms with van der Waals surface area (Å²) < 4.78 is 0. The van der Waals surface area contributed by atoms with Crippen molar-refractivity contribution in [3.63, 3.8) is 0 Å². The Morgan fingerprint density at radius 2 is 1.94 bits per heavy atom. The number of carbonyl (C=O) groups is 1. The predicted octanol–water partition coefficient (Wildman–Crippen LogP) is 2.36. The van der Waals surface area contributed by atoms with Crippen molar-refractivity contribution in [1.29, 1.82) is 0 Å². The molecule has 1 aliphatic rings. The van der Waals surface area contributed by atoms with Gasteiger partial charge in [-0.05, 0) is 39.2 Å². The average Bonchev–Trinajstić information content (AvgIpc) is 2.37. The number of likely N-dealkylation sites (tertiary alicyclic amines) is 1. The van der Waals surface area contributed by atoms with Crippen molar-refractivity contribution in [2.75, 3.05) is 5.75 Å². The van der Waals surface area contributed by atoms with Gasteiger partial charge >= 0.3 is 0 Å². The molecule has 1 saturated heterocycles. The number of carbonyl (C=O) groups excluding carboxylic acids is 1. The van der Waals surface area contributed by atoms with Crippen molar-refractivity contribution in [3.05, 3.63) is 18.5 Å². The molecular formula is C13H19N3OS. The molecule has 5 heteroatoms. The van der Waals surface area contributed by atoms with E-state index in [1.807, 2.05) is 4.90 Å². The molecule has 1 aliphatic heterocycles. The molecule has 2 rings (SSSR count). The van der Waals surface area contributed by atoms with E-state index in [-0.39, 0.29) is 5.91 Å². The standard InChI is InChI=1S/C13H19N3OS/c1-10-5-3-6-11(2)16(10)12(17)9-18-13-14-7-4-8-15-13/h4,7-8,10-11H,3,5-6,9H2,1-2H3/t10-,11+. The van der Waals surface area contributed by atoms with Gasteiger partial charge in [0.2, 0.25) is 5.91 Å². The Morgan fingerprint density at radius 3 is 2.56 bits per heavy atom. The topological polar surface area (TPSA) is 46.1 Å². The highest BCUT2D eigenvalue weighted by atomic mass is 32.2. The Labute approximate surface area is 112 Å². The van der Waals surface area contributed by atoms with E-state index in [9.17, 15) is 4.79 Å². The third kappa shape index (κ3) is 3.22. The first-order valence-corrected chi connectivity index (χ1v) is 7.38. The number of amides is 1. The summed E-state index contributed by atoms with van der Waals surface area (Å²) in [5, 5.41) is 0.670. The predicted molar refractivity (Wildman–Crippen MR) is 72.4 cm³/mol. The summed E-state index contributed by atoms with van der Waals surface area (Å²) in [6, 6.07) is 2.50. The minimum absolute atomic E-state index is 0.201. The Hall–Kier alpha value is -1.10. The van der Waals surface area contributed by atoms with Crippen molar-refractivity contribution in [2.24, 2.45) is 0 Å². The van der Waals surface area contributed by atoms with Gasteiger partial charge in [0, 0.05) is 24.5 Å². The Balaban J connectivity index is 1.91. The quantitative estimate of drug-likeness (QED) is 0.622. The zero-order valence-electron chi connectivity index (χ0n) is 10.9. The zero-order chi connectivity index (χ0) is 13.0. The second-order valence-electron chi connectivity index (χ2n) is 4.75. The van der Waals surface area contributed by atoms with Gasteiger partial charge in [-0.3, -0.25) is 4.79 Å². The fraction of sp³-hybridized carbons (Fsp3) is 0.615. The molecule has 1 amide bonds. The van der Waals surface area contributed by atoms with Crippen LogP contribution < -0.4 is 0 Å². The van der Waals surface area contributed by atoms with E-state index < -0.39 is 0 Å². The lowest BCUT2D eigenvalue weighted by Crippen LogP contribution is -2.48. The summed E-state index contributed by atoms with van der Waals surface area (Å²) in [7, 11) is 0. The number of piperidine rings is 1. The van der Waals surface area contributed by atoms with Gasteiger partial charge in [0.15, 0.2) is 5.16 Å². The van der Waals surface area contributed by atoms with Gasteiger partial charge in [0.25, 0.3) is 0 Å². The molecule has 0 bridgehead atoms. The maximum absolute atomic E-state index is 12.2. The number of aromatic nitrogens is 2. The molecule has 0 spiro atoms. The molecule has 0 N–H and O–H groups in total. The lowest BCUT2D eigenvalue weighted by molar-refractivity contribution is -0.134. The molecule has 2 heterocycles. The SMILES string of the molecule is C[C@@H]1CCC[C@H](C)N1C(=O)CSc1ncccn1. The van der Waals surface area contributed by atoms with Gasteiger partial charge in [-0.25, -0.2) is 9.97 Å². The van der Waals surface area contributed by atoms with E-state index in [0.717, 1.165) is 12.8 Å². The van der Waals surface area contributed by atoms with Crippen molar-refractivity contribution in [1.82, 2.24) is 14.9 Å². The smallest absolute Gasteiger partial charge is 0.233 e. The maximum atomic E-state index is 12.2. The molecule has 0 saturated carbocycles. The number of thioether (sulfide) groups is 1. The Kier molecular flexibility index (Phi) is 4.58. The van der Waals surface area contributed by atoms with E-state index in [4.69, 9.17) is 0 Å². The lowest BCUT2D eigenvalue weighted by atomic mass is 9.98. The highest BCUT2D eigenvalue weighted by molar-refractivity contribution is 7.99. The number of hydrogen-bond acceptors (Lipinski definition) is 4. The molecule has 0 radical (unpaired) electrons. The first-order valence-electron chi connectivity index (χ1n) is 6.39. The molecule has 0 unspecified atom stereocenters. The molecule has 2 atom stereocenters. The third-order valence-corrected chi connectivity index (χ3v) is 4.21. The Morgan fingerprint density at radius 1 is 1.33 bits per heavy atom. The van der Waals surface area contributed by atoms with E-state index in [2.05, 4.69) is 23.8 Å². The second-order valence-corrected chi connectivity index (χ2v) is 5.69. The van der Waals surface area contributed by atoms with Gasteiger partial charge < -0.3 is 4.90 Å². The first kappa shape index (κ1) is 13.3. The van der Waals surface area contributed by atoms with Crippen LogP contribution in [0, 0.1) is 0 Å². The van der Waals surface area contributed by atoms with Gasteiger partial charge in [0.1, 0.15) is 0 Å². The number of rotatable bonds is 3. The van der Waals surface area contributed by atoms with Crippen molar-refractivity contribution in [3.8, 4) is 0 Å². The number of hydrogen-bond donors (Lipinski definition) is 0. The molecule has 98 valence electrons. The van der Waals surface area contributed by atoms with Gasteiger partial charge in [-0.2, -0.15) is 0 Å². The number of nitrogens with zero attached hydrogens (tertiary/aromatic N) is 3. The van der Waals surface area contributed by atoms with Gasteiger partial charge in [-0.1, -0.05) is 11.8 Å². The second kappa shape index (κ2) is 6.18. The van der Waals surface area contributed by atoms with Crippen molar-refractivity contribution < 1.29 is 4.79 Å². The van der Waals surface area contributed by atoms with Crippen LogP contribution in [0.2, 0.25) is 0 Å². The van der Waals surface area contributed by atoms with Crippen molar-refractivity contribution in [2.45, 2.75) is 50.4 Å². The first-order chi connectivity index (χ1) is 8.68. The highest BCUT2D eigenvalue weighted by Gasteiger charge is 2.28. The van der Waals surface area contributed by atoms with E-state index in [1.54, 1.807) is 18.5 Å². The van der Waals surface area contributed by atoms with Crippen LogP contribution in [0.3, 0.4) is 0 Å². The van der Waals surface area contributed by atoms with E-state index in [1.165, 1.54) is 18.2 Å². The zero-order valence-corrected chi connectivity index (χ0v) is 11.7. The van der Waals surface area contributed by atoms with E-state index in [0.29, 0.717) is 23.0 Å². The monoisotopic (exact) mass is 265 g/mol. The maximum Gasteiger partial charge on any atom is 0.233 e. The van der Waals surface area contributed by atoms with Crippen LogP contribution in [0.5, 0.6) is 0 Å². The van der Waals surface area contributed by atoms with E-state index >= 15 is 0 Å². The van der Waals surface area contributed by atoms with Gasteiger partial charge in [-0.15, -0.1) is 0 Å². The summed E-state index contributed by atoms with van der Waals surface area (Å²) >= 11 is 1.41. The fourth-order valence-electron chi connectivity index (χ4n) is 2.47. The molecular weight excluding hydrogens is 246 g/mol. The lowest BCUT2D eigenvalue weighted by Gasteiger charge is -2.39. The highest BCUT2D eigenvalue weighted by Crippen LogP contribution is 2.24. The van der Waals surface area contributed by atoms with Crippen LogP contribution >= 0.6 is 11.8 Å². The molecule has 0 aromatic carbocycles. The van der Waals surface area contributed by atoms with Crippen LogP contribution in [0.1, 0.15) is 33.1 Å². The summed E-state index contributed by atoms with van der Waals surface area (Å²) in [4.78, 5) is 22.5. The molecule has 0 aliphatic carbocycles. The summed E-state index contributed by atoms with van der Waals surface area (Å²) in [6.07, 6.45) is 6.85. The summed E-state index contributed by atoms with van der Waals surface area (Å²) in [5.74, 6) is 0.630. The normalized spacial score (nSPS) is 24.0. The van der Waals surface area contributed by atoms with Crippen LogP contribution in [0.25, 0.3) is 0 Å². The van der Waals surface area contributed by atoms with Crippen LogP contribution in [-0.4, -0.2) is 38.6 Å². The molecule has 1 fully saturated rings. The van der Waals surface area contributed by atoms with Crippen LogP contribution in [-0.2, 0) is 4.79 Å². The minimum Gasteiger partial charge on any atom is -0.337 e. The molecule has 1 aromatic heterocycles. The third-order valence-electron chi connectivity index (χ3n) is 3.35. The molecule has 18 heavy (non-hydrogen) atoms. The summed E-state index contributed by atoms with van der Waals surface area (Å²) in [6.45, 7) is 4.27. The fourth-order valence-corrected chi connectivity index (χ4v) is 3.15.